The van der Waals surface area contributed by atoms with Gasteiger partial charge >= 0.3 is 12.4 Å². The molecule has 5 nitrogen and oxygen atoms in total. The number of nitrogens with zero attached hydrogens (tertiary/aromatic N) is 1. The predicted octanol–water partition coefficient (Wildman–Crippen LogP) is 4.22. The quantitative estimate of drug-likeness (QED) is 0.279. The van der Waals surface area contributed by atoms with E-state index in [2.05, 4.69) is 0 Å². The molecule has 0 unspecified atom stereocenters. The molecule has 116 valence electrons. The molecule has 0 aliphatic carbocycles. The van der Waals surface area contributed by atoms with Crippen LogP contribution in [-0.2, 0) is 6.18 Å². The van der Waals surface area contributed by atoms with Gasteiger partial charge in [-0.3, -0.25) is 15.5 Å². The van der Waals surface area contributed by atoms with Gasteiger partial charge < -0.3 is 5.32 Å². The van der Waals surface area contributed by atoms with E-state index in [1.807, 2.05) is 0 Å². The van der Waals surface area contributed by atoms with Crippen LogP contribution >= 0.6 is 11.6 Å². The summed E-state index contributed by atoms with van der Waals surface area (Å²) in [5, 5.41) is 17.6. The van der Waals surface area contributed by atoms with Crippen molar-refractivity contribution in [2.24, 2.45) is 0 Å². The van der Waals surface area contributed by atoms with Crippen LogP contribution in [0, 0.1) is 15.5 Å². The molecular weight excluding hydrogens is 332 g/mol. The maximum absolute atomic E-state index is 12.5. The van der Waals surface area contributed by atoms with Crippen LogP contribution in [0.4, 0.5) is 37.7 Å². The summed E-state index contributed by atoms with van der Waals surface area (Å²) >= 11 is 5.35. The van der Waals surface area contributed by atoms with Crippen LogP contribution in [0.25, 0.3) is 0 Å². The average molecular weight is 336 g/mol. The summed E-state index contributed by atoms with van der Waals surface area (Å²) in [6.45, 7) is 0. The van der Waals surface area contributed by atoms with Crippen molar-refractivity contribution in [2.75, 3.05) is 5.32 Å². The number of halogens is 7. The van der Waals surface area contributed by atoms with Gasteiger partial charge in [0.05, 0.1) is 15.5 Å². The molecule has 12 heteroatoms. The number of rotatable bonds is 2. The molecule has 1 aromatic rings. The lowest BCUT2D eigenvalue weighted by Crippen LogP contribution is -2.29. The molecule has 0 fully saturated rings. The second kappa shape index (κ2) is 5.39. The maximum atomic E-state index is 12.5. The topological polar surface area (TPSA) is 79.0 Å². The van der Waals surface area contributed by atoms with Crippen LogP contribution in [-0.4, -0.2) is 16.9 Å². The Balaban J connectivity index is 3.40. The minimum Gasteiger partial charge on any atom is -0.330 e. The van der Waals surface area contributed by atoms with E-state index >= 15 is 0 Å². The Labute approximate surface area is 117 Å². The Bertz CT molecular complexity index is 598. The van der Waals surface area contributed by atoms with Crippen molar-refractivity contribution in [1.82, 2.24) is 0 Å². The van der Waals surface area contributed by atoms with Gasteiger partial charge in [-0.15, -0.1) is 0 Å². The van der Waals surface area contributed by atoms with Gasteiger partial charge in [0.15, 0.2) is 0 Å². The van der Waals surface area contributed by atoms with E-state index in [0.29, 0.717) is 0 Å². The van der Waals surface area contributed by atoms with Gasteiger partial charge in [-0.25, -0.2) is 0 Å². The van der Waals surface area contributed by atoms with E-state index in [4.69, 9.17) is 17.0 Å². The molecule has 0 bridgehead atoms. The Kier molecular flexibility index (Phi) is 4.37. The number of alkyl halides is 6. The van der Waals surface area contributed by atoms with Crippen LogP contribution in [0.15, 0.2) is 12.1 Å². The number of hydrogen-bond donors (Lipinski definition) is 2. The largest absolute Gasteiger partial charge is 0.448 e. The molecule has 0 spiro atoms. The van der Waals surface area contributed by atoms with Gasteiger partial charge in [0.2, 0.25) is 5.84 Å². The molecule has 0 radical (unpaired) electrons. The van der Waals surface area contributed by atoms with E-state index in [1.165, 1.54) is 5.32 Å². The molecule has 0 saturated heterocycles. The molecule has 2 N–H and O–H groups in total. The van der Waals surface area contributed by atoms with Gasteiger partial charge in [0.1, 0.15) is 5.69 Å². The lowest BCUT2D eigenvalue weighted by atomic mass is 10.1. The lowest BCUT2D eigenvalue weighted by Gasteiger charge is -2.14. The van der Waals surface area contributed by atoms with Crippen molar-refractivity contribution in [2.45, 2.75) is 12.4 Å². The summed E-state index contributed by atoms with van der Waals surface area (Å²) in [5.41, 5.74) is -3.87. The molecule has 0 aliphatic heterocycles. The fourth-order valence-electron chi connectivity index (χ4n) is 1.22. The first-order valence-corrected chi connectivity index (χ1v) is 5.19. The van der Waals surface area contributed by atoms with E-state index in [1.54, 1.807) is 0 Å². The standard InChI is InChI=1S/C9H4ClF6N3O2/c10-4-1-3(8(11,12)13)2-5(19(20)21)6(4)18-7(17)9(14,15)16/h1-2H,(H2,17,18). The predicted molar refractivity (Wildman–Crippen MR) is 60.5 cm³/mol. The molecule has 21 heavy (non-hydrogen) atoms. The van der Waals surface area contributed by atoms with Crippen molar-refractivity contribution in [3.8, 4) is 0 Å². The van der Waals surface area contributed by atoms with Crippen LogP contribution in [0.5, 0.6) is 0 Å². The second-order valence-electron chi connectivity index (χ2n) is 3.60. The number of hydrogen-bond acceptors (Lipinski definition) is 3. The van der Waals surface area contributed by atoms with Crippen LogP contribution in [0.2, 0.25) is 5.02 Å². The number of nitro benzene ring substituents is 1. The number of nitro groups is 1. The number of benzene rings is 1. The minimum atomic E-state index is -5.17. The smallest absolute Gasteiger partial charge is 0.330 e. The first-order valence-electron chi connectivity index (χ1n) is 4.82. The van der Waals surface area contributed by atoms with E-state index < -0.39 is 45.1 Å². The summed E-state index contributed by atoms with van der Waals surface area (Å²) in [7, 11) is 0. The highest BCUT2D eigenvalue weighted by atomic mass is 35.5. The molecule has 1 aromatic carbocycles. The van der Waals surface area contributed by atoms with Crippen molar-refractivity contribution in [3.63, 3.8) is 0 Å². The zero-order valence-corrected chi connectivity index (χ0v) is 10.3. The highest BCUT2D eigenvalue weighted by Gasteiger charge is 2.38. The second-order valence-corrected chi connectivity index (χ2v) is 4.01. The van der Waals surface area contributed by atoms with Crippen LogP contribution in [0.3, 0.4) is 0 Å². The first kappa shape index (κ1) is 17.0. The average Bonchev–Trinajstić information content (AvgIpc) is 2.28. The molecule has 0 aliphatic rings. The van der Waals surface area contributed by atoms with Crippen molar-refractivity contribution in [3.05, 3.63) is 32.8 Å². The van der Waals surface area contributed by atoms with Crippen molar-refractivity contribution < 1.29 is 31.3 Å². The van der Waals surface area contributed by atoms with Gasteiger partial charge in [0, 0.05) is 6.07 Å². The Morgan fingerprint density at radius 1 is 1.24 bits per heavy atom. The SMILES string of the molecule is N=C(Nc1c(Cl)cc(C(F)(F)F)cc1[N+](=O)[O-])C(F)(F)F. The Hall–Kier alpha value is -2.04. The van der Waals surface area contributed by atoms with Crippen molar-refractivity contribution >= 4 is 28.8 Å². The summed E-state index contributed by atoms with van der Waals surface area (Å²) in [6, 6.07) is 0.248. The minimum absolute atomic E-state index is 0.0257. The molecule has 1 rings (SSSR count). The zero-order valence-electron chi connectivity index (χ0n) is 9.56. The monoisotopic (exact) mass is 335 g/mol. The zero-order chi connectivity index (χ0) is 16.6. The lowest BCUT2D eigenvalue weighted by molar-refractivity contribution is -0.384. The summed E-state index contributed by atoms with van der Waals surface area (Å²) in [6.07, 6.45) is -10.1. The molecule has 0 aromatic heterocycles. The molecular formula is C9H4ClF6N3O2. The molecule has 0 amide bonds. The third kappa shape index (κ3) is 3.97. The third-order valence-electron chi connectivity index (χ3n) is 2.13. The molecule has 0 atom stereocenters. The fourth-order valence-corrected chi connectivity index (χ4v) is 1.48. The van der Waals surface area contributed by atoms with E-state index in [-0.39, 0.29) is 12.1 Å². The summed E-state index contributed by atoms with van der Waals surface area (Å²) < 4.78 is 74.0. The summed E-state index contributed by atoms with van der Waals surface area (Å²) in [4.78, 5) is 9.33. The maximum Gasteiger partial charge on any atom is 0.448 e. The van der Waals surface area contributed by atoms with E-state index in [9.17, 15) is 36.5 Å². The third-order valence-corrected chi connectivity index (χ3v) is 2.43. The highest BCUT2D eigenvalue weighted by molar-refractivity contribution is 6.34. The Morgan fingerprint density at radius 3 is 2.14 bits per heavy atom. The van der Waals surface area contributed by atoms with Gasteiger partial charge in [-0.2, -0.15) is 26.3 Å². The van der Waals surface area contributed by atoms with Crippen LogP contribution < -0.4 is 5.32 Å². The number of amidine groups is 1. The first-order chi connectivity index (χ1) is 9.34. The van der Waals surface area contributed by atoms with Crippen molar-refractivity contribution in [1.29, 1.82) is 5.41 Å². The Morgan fingerprint density at radius 2 is 1.76 bits per heavy atom. The van der Waals surface area contributed by atoms with Gasteiger partial charge in [0.25, 0.3) is 5.69 Å². The number of nitrogens with one attached hydrogen (secondary N) is 2. The highest BCUT2D eigenvalue weighted by Crippen LogP contribution is 2.40. The van der Waals surface area contributed by atoms with Gasteiger partial charge in [-0.1, -0.05) is 11.6 Å². The van der Waals surface area contributed by atoms with Gasteiger partial charge in [-0.05, 0) is 6.07 Å². The van der Waals surface area contributed by atoms with E-state index in [0.717, 1.165) is 0 Å². The summed E-state index contributed by atoms with van der Waals surface area (Å²) in [5.74, 6) is -2.10. The van der Waals surface area contributed by atoms with Crippen LogP contribution in [0.1, 0.15) is 5.56 Å². The normalized spacial score (nSPS) is 12.1. The molecule has 0 heterocycles. The number of anilines is 1. The fraction of sp³-hybridized carbons (Fsp3) is 0.222. The molecule has 0 saturated carbocycles.